The smallest absolute Gasteiger partial charge is 0.243 e. The van der Waals surface area contributed by atoms with Gasteiger partial charge in [0.25, 0.3) is 0 Å². The third-order valence-electron chi connectivity index (χ3n) is 3.11. The molecule has 0 aliphatic carbocycles. The van der Waals surface area contributed by atoms with Gasteiger partial charge < -0.3 is 10.8 Å². The molecule has 1 aromatic carbocycles. The first-order chi connectivity index (χ1) is 8.46. The first-order valence-corrected chi connectivity index (χ1v) is 7.08. The quantitative estimate of drug-likeness (QED) is 0.789. The maximum absolute atomic E-state index is 13.0. The Kier molecular flexibility index (Phi) is 3.56. The molecule has 5 nitrogen and oxygen atoms in total. The van der Waals surface area contributed by atoms with Crippen molar-refractivity contribution in [3.05, 3.63) is 24.0 Å². The number of nitrogens with two attached hydrogens (primary N) is 1. The van der Waals surface area contributed by atoms with E-state index in [1.54, 1.807) is 0 Å². The second kappa shape index (κ2) is 4.83. The van der Waals surface area contributed by atoms with Gasteiger partial charge in [0.1, 0.15) is 5.82 Å². The van der Waals surface area contributed by atoms with E-state index in [1.165, 1.54) is 10.4 Å². The summed E-state index contributed by atoms with van der Waals surface area (Å²) in [6.07, 6.45) is 1.34. The van der Waals surface area contributed by atoms with Crippen molar-refractivity contribution in [1.82, 2.24) is 4.31 Å². The monoisotopic (exact) mass is 274 g/mol. The summed E-state index contributed by atoms with van der Waals surface area (Å²) in [6.45, 7) is 0.154. The molecule has 1 fully saturated rings. The molecule has 100 valence electrons. The van der Waals surface area contributed by atoms with Crippen LogP contribution in [0, 0.1) is 5.82 Å². The number of aliphatic hydroxyl groups is 1. The minimum atomic E-state index is -3.71. The van der Waals surface area contributed by atoms with Gasteiger partial charge in [-0.3, -0.25) is 0 Å². The van der Waals surface area contributed by atoms with E-state index in [0.29, 0.717) is 19.4 Å². The molecule has 0 radical (unpaired) electrons. The largest absolute Gasteiger partial charge is 0.396 e. The van der Waals surface area contributed by atoms with Gasteiger partial charge in [0, 0.05) is 12.6 Å². The van der Waals surface area contributed by atoms with Crippen LogP contribution in [0.15, 0.2) is 23.1 Å². The fraction of sp³-hybridized carbons (Fsp3) is 0.455. The van der Waals surface area contributed by atoms with Gasteiger partial charge in [-0.15, -0.1) is 0 Å². The third-order valence-corrected chi connectivity index (χ3v) is 5.06. The highest BCUT2D eigenvalue weighted by Gasteiger charge is 2.34. The molecule has 0 aromatic heterocycles. The van der Waals surface area contributed by atoms with E-state index >= 15 is 0 Å². The number of hydrogen-bond acceptors (Lipinski definition) is 4. The molecule has 0 spiro atoms. The van der Waals surface area contributed by atoms with Gasteiger partial charge in [-0.05, 0) is 31.0 Å². The second-order valence-electron chi connectivity index (χ2n) is 4.28. The average Bonchev–Trinajstić information content (AvgIpc) is 2.81. The molecule has 7 heteroatoms. The molecule has 1 aliphatic heterocycles. The molecular formula is C11H15FN2O3S. The standard InChI is InChI=1S/C11H15FN2O3S/c12-10-4-3-9(6-11(10)13)18(16,17)14-5-1-2-8(14)7-15/h3-4,6,8,15H,1-2,5,7,13H2. The molecule has 1 aliphatic rings. The Balaban J connectivity index is 2.38. The number of nitrogen functional groups attached to an aromatic ring is 1. The molecule has 18 heavy (non-hydrogen) atoms. The highest BCUT2D eigenvalue weighted by molar-refractivity contribution is 7.89. The number of rotatable bonds is 3. The van der Waals surface area contributed by atoms with E-state index in [0.717, 1.165) is 12.1 Å². The molecule has 0 saturated carbocycles. The number of nitrogens with zero attached hydrogens (tertiary/aromatic N) is 1. The van der Waals surface area contributed by atoms with Crippen molar-refractivity contribution in [2.75, 3.05) is 18.9 Å². The number of sulfonamides is 1. The Bertz CT molecular complexity index is 547. The zero-order chi connectivity index (χ0) is 13.3. The first kappa shape index (κ1) is 13.3. The Labute approximate surface area is 105 Å². The van der Waals surface area contributed by atoms with Crippen LogP contribution in [-0.4, -0.2) is 37.0 Å². The van der Waals surface area contributed by atoms with Gasteiger partial charge in [-0.1, -0.05) is 0 Å². The Morgan fingerprint density at radius 2 is 2.22 bits per heavy atom. The van der Waals surface area contributed by atoms with E-state index in [2.05, 4.69) is 0 Å². The summed E-state index contributed by atoms with van der Waals surface area (Å²) in [4.78, 5) is -0.0400. The van der Waals surface area contributed by atoms with Gasteiger partial charge in [0.15, 0.2) is 0 Å². The lowest BCUT2D eigenvalue weighted by Gasteiger charge is -2.22. The number of anilines is 1. The van der Waals surface area contributed by atoms with Crippen LogP contribution in [0.1, 0.15) is 12.8 Å². The molecule has 0 amide bonds. The van der Waals surface area contributed by atoms with Crippen molar-refractivity contribution < 1.29 is 17.9 Å². The molecule has 1 heterocycles. The van der Waals surface area contributed by atoms with Crippen LogP contribution in [0.3, 0.4) is 0 Å². The summed E-state index contributed by atoms with van der Waals surface area (Å²) in [5.41, 5.74) is 5.18. The summed E-state index contributed by atoms with van der Waals surface area (Å²) >= 11 is 0. The Morgan fingerprint density at radius 1 is 1.50 bits per heavy atom. The molecule has 1 aromatic rings. The normalized spacial score (nSPS) is 21.3. The van der Waals surface area contributed by atoms with Crippen LogP contribution in [0.25, 0.3) is 0 Å². The van der Waals surface area contributed by atoms with Crippen molar-refractivity contribution in [3.63, 3.8) is 0 Å². The van der Waals surface area contributed by atoms with E-state index < -0.39 is 21.9 Å². The number of benzene rings is 1. The lowest BCUT2D eigenvalue weighted by molar-refractivity contribution is 0.213. The zero-order valence-electron chi connectivity index (χ0n) is 9.71. The highest BCUT2D eigenvalue weighted by atomic mass is 32.2. The molecule has 1 unspecified atom stereocenters. The number of aliphatic hydroxyl groups excluding tert-OH is 1. The maximum atomic E-state index is 13.0. The zero-order valence-corrected chi connectivity index (χ0v) is 10.5. The molecule has 3 N–H and O–H groups in total. The summed E-state index contributed by atoms with van der Waals surface area (Å²) in [6, 6.07) is 2.93. The van der Waals surface area contributed by atoms with Gasteiger partial charge >= 0.3 is 0 Å². The summed E-state index contributed by atoms with van der Waals surface area (Å²) in [5.74, 6) is -0.644. The van der Waals surface area contributed by atoms with Gasteiger partial charge in [0.2, 0.25) is 10.0 Å². The molecule has 1 saturated heterocycles. The van der Waals surface area contributed by atoms with Crippen LogP contribution in [0.2, 0.25) is 0 Å². The highest BCUT2D eigenvalue weighted by Crippen LogP contribution is 2.27. The predicted molar refractivity (Wildman–Crippen MR) is 64.8 cm³/mol. The predicted octanol–water partition coefficient (Wildman–Crippen LogP) is 0.553. The van der Waals surface area contributed by atoms with Crippen LogP contribution in [0.5, 0.6) is 0 Å². The van der Waals surface area contributed by atoms with Crippen molar-refractivity contribution in [3.8, 4) is 0 Å². The first-order valence-electron chi connectivity index (χ1n) is 5.64. The van der Waals surface area contributed by atoms with E-state index in [1.807, 2.05) is 0 Å². The van der Waals surface area contributed by atoms with Crippen LogP contribution in [-0.2, 0) is 10.0 Å². The topological polar surface area (TPSA) is 83.6 Å². The van der Waals surface area contributed by atoms with Crippen molar-refractivity contribution in [2.24, 2.45) is 0 Å². The van der Waals surface area contributed by atoms with Crippen molar-refractivity contribution >= 4 is 15.7 Å². The minimum absolute atomic E-state index is 0.0400. The molecular weight excluding hydrogens is 259 g/mol. The summed E-state index contributed by atoms with van der Waals surface area (Å²) < 4.78 is 38.9. The number of halogens is 1. The van der Waals surface area contributed by atoms with Gasteiger partial charge in [0.05, 0.1) is 17.2 Å². The van der Waals surface area contributed by atoms with E-state index in [9.17, 15) is 12.8 Å². The molecule has 1 atom stereocenters. The average molecular weight is 274 g/mol. The van der Waals surface area contributed by atoms with E-state index in [-0.39, 0.29) is 17.2 Å². The summed E-state index contributed by atoms with van der Waals surface area (Å²) in [7, 11) is -3.71. The lowest BCUT2D eigenvalue weighted by Crippen LogP contribution is -2.37. The Hall–Kier alpha value is -1.18. The fourth-order valence-electron chi connectivity index (χ4n) is 2.13. The van der Waals surface area contributed by atoms with E-state index in [4.69, 9.17) is 10.8 Å². The summed E-state index contributed by atoms with van der Waals surface area (Å²) in [5, 5.41) is 9.15. The van der Waals surface area contributed by atoms with Crippen LogP contribution < -0.4 is 5.73 Å². The van der Waals surface area contributed by atoms with Gasteiger partial charge in [-0.2, -0.15) is 4.31 Å². The molecule has 2 rings (SSSR count). The minimum Gasteiger partial charge on any atom is -0.396 e. The van der Waals surface area contributed by atoms with Crippen LogP contribution in [0.4, 0.5) is 10.1 Å². The SMILES string of the molecule is Nc1cc(S(=O)(=O)N2CCCC2CO)ccc1F. The maximum Gasteiger partial charge on any atom is 0.243 e. The second-order valence-corrected chi connectivity index (χ2v) is 6.17. The van der Waals surface area contributed by atoms with Gasteiger partial charge in [-0.25, -0.2) is 12.8 Å². The lowest BCUT2D eigenvalue weighted by atomic mass is 10.2. The van der Waals surface area contributed by atoms with Crippen LogP contribution >= 0.6 is 0 Å². The molecule has 0 bridgehead atoms. The van der Waals surface area contributed by atoms with Crippen molar-refractivity contribution in [2.45, 2.75) is 23.8 Å². The van der Waals surface area contributed by atoms with Crippen molar-refractivity contribution in [1.29, 1.82) is 0 Å². The third kappa shape index (κ3) is 2.21. The number of hydrogen-bond donors (Lipinski definition) is 2. The Morgan fingerprint density at radius 3 is 2.83 bits per heavy atom. The fourth-order valence-corrected chi connectivity index (χ4v) is 3.85.